The second kappa shape index (κ2) is 48.7. The Hall–Kier alpha value is -13.6. The molecule has 0 unspecified atom stereocenters. The number of likely N-dealkylation sites (N-methyl/N-ethyl adjacent to an activating group) is 3. The zero-order valence-corrected chi connectivity index (χ0v) is 75.4. The third kappa shape index (κ3) is 28.5. The van der Waals surface area contributed by atoms with Crippen molar-refractivity contribution < 1.29 is 120 Å². The molecule has 134 heavy (non-hydrogen) atoms. The molecule has 1 aromatic heterocycles. The van der Waals surface area contributed by atoms with E-state index in [0.717, 1.165) is 31.5 Å². The number of hydrogen-bond acceptors (Lipinski definition) is 22. The van der Waals surface area contributed by atoms with Crippen LogP contribution in [0.5, 0.6) is 5.75 Å². The van der Waals surface area contributed by atoms with Crippen LogP contribution in [-0.2, 0) is 114 Å². The fraction of sp³-hybridized carbons (Fsp3) is 0.462. The predicted molar refractivity (Wildman–Crippen MR) is 478 cm³/mol. The molecule has 15 atom stereocenters. The van der Waals surface area contributed by atoms with Crippen LogP contribution < -0.4 is 59.3 Å². The minimum absolute atomic E-state index is 0.155. The standard InChI is InChI=1S/C91H114F3N17O22S/c1-7-8-23-68-90(132)111-45-56(114)40-71(111)86(128)104-65(41-76(119)120)83(125)106-78(48(2)3)91(133)108(5)69(36-49-17-11-9-12-18-49)84(126)101-62(28-29-75(117)118)88(130)110-44-55(113)39-70(110)85(127)103-64(38-53-42-97-60-22-16-15-21-57(53)60)82(124)102-63(34-51-24-26-54(112)27-25-51)81(123)100-61(30-31-95)80(122)105-67(79(121)98-43-73(96)115)46-134-47-74(116)99-66(35-52-32-58(92)77(94)59(93)33-52)87(129)109(6)72(89(131)107(68)4)37-50-19-13-10-14-20-50/h9-22,24-27,32-33,42,48,55-56,61-72,78,97,112-114H,7-8,23,28-31,34-41,43-47,95H2,1-6H3,(H2,96,115)(H,98,121)(H,99,116)(H,100,123)(H,101,126)(H,102,124)(H,103,127)(H,104,128)(H,105,122)(H,106,125)(H,117,118)(H,119,120)/t55-,56-,61+,62+,63+,64+,65+,66+,67+,68+,69+,70+,71-,72+,78+/m1/s1. The summed E-state index contributed by atoms with van der Waals surface area (Å²) in [6.45, 7) is 2.32. The van der Waals surface area contributed by atoms with Crippen molar-refractivity contribution in [3.63, 3.8) is 0 Å². The molecule has 0 saturated carbocycles. The minimum Gasteiger partial charge on any atom is -0.508 e. The number of hydrogen-bond donors (Lipinski definition) is 17. The molecule has 0 radical (unpaired) electrons. The van der Waals surface area contributed by atoms with Crippen molar-refractivity contribution in [2.45, 2.75) is 201 Å². The summed E-state index contributed by atoms with van der Waals surface area (Å²) >= 11 is 0.614. The van der Waals surface area contributed by atoms with Crippen molar-refractivity contribution in [1.29, 1.82) is 0 Å². The van der Waals surface area contributed by atoms with Gasteiger partial charge in [-0.1, -0.05) is 125 Å². The van der Waals surface area contributed by atoms with E-state index in [2.05, 4.69) is 52.8 Å². The molecule has 3 aliphatic heterocycles. The van der Waals surface area contributed by atoms with E-state index in [0.29, 0.717) is 57.9 Å². The number of aromatic amines is 1. The van der Waals surface area contributed by atoms with Crippen LogP contribution in [0, 0.1) is 23.4 Å². The summed E-state index contributed by atoms with van der Waals surface area (Å²) in [6.07, 6.45) is -7.48. The number of nitrogens with two attached hydrogens (primary N) is 2. The topological polar surface area (TPSA) is 584 Å². The number of nitrogens with one attached hydrogen (secondary N) is 10. The van der Waals surface area contributed by atoms with Gasteiger partial charge in [-0.05, 0) is 89.9 Å². The summed E-state index contributed by atoms with van der Waals surface area (Å²) in [5.74, 6) is -27.4. The van der Waals surface area contributed by atoms with Gasteiger partial charge in [-0.3, -0.25) is 81.5 Å². The molecule has 3 fully saturated rings. The van der Waals surface area contributed by atoms with E-state index in [4.69, 9.17) is 11.5 Å². The zero-order valence-electron chi connectivity index (χ0n) is 74.6. The molecule has 4 heterocycles. The number of fused-ring (bicyclic) bond motifs is 3. The van der Waals surface area contributed by atoms with Crippen molar-refractivity contribution in [2.75, 3.05) is 58.8 Å². The Labute approximate surface area is 773 Å². The van der Waals surface area contributed by atoms with Gasteiger partial charge >= 0.3 is 11.9 Å². The van der Waals surface area contributed by atoms with Gasteiger partial charge in [-0.2, -0.15) is 0 Å². The number of para-hydroxylation sites is 1. The Balaban J connectivity index is 1.14. The number of phenols is 1. The maximum absolute atomic E-state index is 15.7. The van der Waals surface area contributed by atoms with E-state index in [1.807, 2.05) is 0 Å². The van der Waals surface area contributed by atoms with E-state index < -0.39 is 303 Å². The number of aliphatic hydroxyl groups is 2. The monoisotopic (exact) mass is 1890 g/mol. The summed E-state index contributed by atoms with van der Waals surface area (Å²) in [7, 11) is 3.52. The minimum atomic E-state index is -2.08. The SMILES string of the molecule is CCCC[C@H]1C(=O)N2C[C@H](O)C[C@@H]2C(=O)N[C@@H](CC(=O)O)C(=O)N[C@@H](C(C)C)C(=O)N(C)[C@@H](Cc2ccccc2)C(=O)N[C@@H](CCC(=O)O)C(=O)N2C[C@H](O)C[C@H]2C(=O)N[C@@H](Cc2c[nH]c3ccccc23)C(=O)N[C@@H](Cc2ccc(O)cc2)C(=O)N[C@@H](CCN)C(=O)N[C@H](C(=O)NCC(N)=O)CSCC(=O)N[C@@H](Cc2cc(F)c(F)c(F)c2)C(=O)N(C)[C@@H](Cc2ccccc2)C(=O)N1C. The largest absolute Gasteiger partial charge is 0.508 e. The summed E-state index contributed by atoms with van der Waals surface area (Å²) in [4.78, 5) is 257. The average Bonchev–Trinajstić information content (AvgIpc) is 1.17. The van der Waals surface area contributed by atoms with Crippen LogP contribution in [-0.4, -0.2) is 305 Å². The van der Waals surface area contributed by atoms with E-state index in [9.17, 15) is 68.3 Å². The first kappa shape index (κ1) is 104. The summed E-state index contributed by atoms with van der Waals surface area (Å²) < 4.78 is 45.0. The number of H-pyrrole nitrogens is 1. The number of aliphatic hydroxyl groups excluding tert-OH is 2. The van der Waals surface area contributed by atoms with Gasteiger partial charge in [0.25, 0.3) is 0 Å². The van der Waals surface area contributed by atoms with Gasteiger partial charge in [0, 0.05) is 108 Å². The number of carbonyl (C=O) groups is 17. The lowest BCUT2D eigenvalue weighted by Gasteiger charge is -2.38. The number of rotatable bonds is 24. The fourth-order valence-electron chi connectivity index (χ4n) is 16.2. The number of benzene rings is 5. The number of carbonyl (C=O) groups excluding carboxylic acids is 15. The number of amides is 15. The van der Waals surface area contributed by atoms with Gasteiger partial charge in [-0.25, -0.2) is 13.2 Å². The lowest BCUT2D eigenvalue weighted by atomic mass is 9.98. The van der Waals surface area contributed by atoms with Crippen LogP contribution in [0.3, 0.4) is 0 Å². The van der Waals surface area contributed by atoms with Gasteiger partial charge in [-0.15, -0.1) is 11.8 Å². The highest BCUT2D eigenvalue weighted by Gasteiger charge is 2.48. The molecule has 3 aliphatic rings. The molecule has 43 heteroatoms. The van der Waals surface area contributed by atoms with E-state index >= 15 is 51.9 Å². The lowest BCUT2D eigenvalue weighted by Crippen LogP contribution is -2.62. The summed E-state index contributed by atoms with van der Waals surface area (Å²) in [5, 5.41) is 76.9. The van der Waals surface area contributed by atoms with E-state index in [1.54, 1.807) is 91.9 Å². The Morgan fingerprint density at radius 3 is 1.60 bits per heavy atom. The summed E-state index contributed by atoms with van der Waals surface area (Å²) in [5.41, 5.74) is 13.1. The van der Waals surface area contributed by atoms with E-state index in [1.165, 1.54) is 58.4 Å². The number of nitrogens with zero attached hydrogens (tertiary/aromatic N) is 5. The number of halogens is 3. The number of phenolic OH excluding ortho intramolecular Hbond substituents is 1. The molecule has 9 rings (SSSR count). The molecule has 5 aromatic carbocycles. The van der Waals surface area contributed by atoms with Crippen LogP contribution in [0.1, 0.15) is 106 Å². The third-order valence-electron chi connectivity index (χ3n) is 23.5. The molecular weight excluding hydrogens is 1770 g/mol. The molecular formula is C91H114F3N17O22S. The number of carboxylic acids is 2. The normalized spacial score (nSPS) is 24.6. The van der Waals surface area contributed by atoms with Crippen LogP contribution in [0.25, 0.3) is 10.9 Å². The lowest BCUT2D eigenvalue weighted by molar-refractivity contribution is -0.152. The number of primary amides is 1. The Morgan fingerprint density at radius 2 is 1.02 bits per heavy atom. The number of carboxylic acid groups (broad SMARTS) is 2. The van der Waals surface area contributed by atoms with Crippen molar-refractivity contribution in [1.82, 2.24) is 77.3 Å². The molecule has 3 saturated heterocycles. The smallest absolute Gasteiger partial charge is 0.305 e. The molecule has 15 amide bonds. The van der Waals surface area contributed by atoms with Crippen LogP contribution >= 0.6 is 11.8 Å². The molecule has 722 valence electrons. The first-order chi connectivity index (χ1) is 63.6. The Bertz CT molecular complexity index is 5240. The molecule has 39 nitrogen and oxygen atoms in total. The van der Waals surface area contributed by atoms with Crippen LogP contribution in [0.4, 0.5) is 13.2 Å². The first-order valence-electron chi connectivity index (χ1n) is 43.7. The van der Waals surface area contributed by atoms with Gasteiger partial charge in [0.1, 0.15) is 84.3 Å². The fourth-order valence-corrected chi connectivity index (χ4v) is 17.1. The predicted octanol–water partition coefficient (Wildman–Crippen LogP) is -1.03. The average molecular weight is 1890 g/mol. The second-order valence-corrected chi connectivity index (χ2v) is 34.8. The number of aromatic hydroxyl groups is 1. The number of aliphatic carboxylic acids is 2. The first-order valence-corrected chi connectivity index (χ1v) is 44.8. The Kier molecular flexibility index (Phi) is 37.9. The Morgan fingerprint density at radius 1 is 0.515 bits per heavy atom. The van der Waals surface area contributed by atoms with Crippen molar-refractivity contribution >= 4 is 123 Å². The number of thioether (sulfide) groups is 1. The molecule has 0 bridgehead atoms. The molecule has 6 aromatic rings. The third-order valence-corrected chi connectivity index (χ3v) is 24.5. The zero-order chi connectivity index (χ0) is 98.1. The van der Waals surface area contributed by atoms with Crippen molar-refractivity contribution in [2.24, 2.45) is 17.4 Å². The quantitative estimate of drug-likeness (QED) is 0.0322. The van der Waals surface area contributed by atoms with Crippen molar-refractivity contribution in [3.8, 4) is 5.75 Å². The molecule has 19 N–H and O–H groups in total. The van der Waals surface area contributed by atoms with Gasteiger partial charge in [0.2, 0.25) is 88.6 Å². The number of aromatic nitrogens is 1. The second-order valence-electron chi connectivity index (χ2n) is 33.7. The van der Waals surface area contributed by atoms with Gasteiger partial charge in [0.15, 0.2) is 17.5 Å². The highest BCUT2D eigenvalue weighted by molar-refractivity contribution is 8.00. The van der Waals surface area contributed by atoms with Gasteiger partial charge in [0.05, 0.1) is 30.9 Å². The van der Waals surface area contributed by atoms with Gasteiger partial charge < -0.3 is 114 Å². The molecule has 0 aliphatic carbocycles. The maximum atomic E-state index is 15.7. The maximum Gasteiger partial charge on any atom is 0.305 e. The highest BCUT2D eigenvalue weighted by Crippen LogP contribution is 2.29. The molecule has 0 spiro atoms. The number of unbranched alkanes of at least 4 members (excludes halogenated alkanes) is 1. The summed E-state index contributed by atoms with van der Waals surface area (Å²) in [6, 6.07) is 6.35. The van der Waals surface area contributed by atoms with E-state index in [-0.39, 0.29) is 50.0 Å². The van der Waals surface area contributed by atoms with Crippen LogP contribution in [0.15, 0.2) is 128 Å². The van der Waals surface area contributed by atoms with Crippen molar-refractivity contribution in [3.05, 3.63) is 173 Å². The highest BCUT2D eigenvalue weighted by atomic mass is 32.2. The van der Waals surface area contributed by atoms with Crippen LogP contribution in [0.2, 0.25) is 0 Å².